The SMILES string of the molecule is CCCCC(CC)CC1(CN)CCOc2ccccc21. The van der Waals surface area contributed by atoms with E-state index >= 15 is 0 Å². The van der Waals surface area contributed by atoms with Crippen LogP contribution in [0.15, 0.2) is 24.3 Å². The molecule has 1 aliphatic heterocycles. The smallest absolute Gasteiger partial charge is 0.123 e. The van der Waals surface area contributed by atoms with Gasteiger partial charge in [-0.25, -0.2) is 0 Å². The molecule has 20 heavy (non-hydrogen) atoms. The minimum absolute atomic E-state index is 0.128. The van der Waals surface area contributed by atoms with Crippen LogP contribution < -0.4 is 10.5 Å². The van der Waals surface area contributed by atoms with Crippen molar-refractivity contribution in [2.75, 3.05) is 13.2 Å². The zero-order valence-corrected chi connectivity index (χ0v) is 13.0. The lowest BCUT2D eigenvalue weighted by Crippen LogP contribution is -2.41. The summed E-state index contributed by atoms with van der Waals surface area (Å²) >= 11 is 0. The van der Waals surface area contributed by atoms with Crippen LogP contribution in [0.4, 0.5) is 0 Å². The van der Waals surface area contributed by atoms with Crippen LogP contribution in [0.2, 0.25) is 0 Å². The summed E-state index contributed by atoms with van der Waals surface area (Å²) in [6.45, 7) is 6.12. The van der Waals surface area contributed by atoms with Crippen molar-refractivity contribution in [1.82, 2.24) is 0 Å². The molecule has 0 saturated heterocycles. The maximum Gasteiger partial charge on any atom is 0.123 e. The standard InChI is InChI=1S/C18H29NO/c1-3-5-8-15(4-2)13-18(14-19)11-12-20-17-10-7-6-9-16(17)18/h6-7,9-10,15H,3-5,8,11-14,19H2,1-2H3. The van der Waals surface area contributed by atoms with Gasteiger partial charge in [0.1, 0.15) is 5.75 Å². The van der Waals surface area contributed by atoms with Gasteiger partial charge in [0.25, 0.3) is 0 Å². The molecule has 1 aromatic rings. The molecule has 0 radical (unpaired) electrons. The molecule has 1 heterocycles. The number of fused-ring (bicyclic) bond motifs is 1. The monoisotopic (exact) mass is 275 g/mol. The van der Waals surface area contributed by atoms with E-state index in [1.807, 2.05) is 0 Å². The van der Waals surface area contributed by atoms with Gasteiger partial charge < -0.3 is 10.5 Å². The van der Waals surface area contributed by atoms with Gasteiger partial charge in [-0.15, -0.1) is 0 Å². The van der Waals surface area contributed by atoms with E-state index in [4.69, 9.17) is 10.5 Å². The summed E-state index contributed by atoms with van der Waals surface area (Å²) < 4.78 is 5.82. The fourth-order valence-electron chi connectivity index (χ4n) is 3.52. The summed E-state index contributed by atoms with van der Waals surface area (Å²) in [5.74, 6) is 1.83. The van der Waals surface area contributed by atoms with E-state index in [1.54, 1.807) is 0 Å². The summed E-state index contributed by atoms with van der Waals surface area (Å²) in [4.78, 5) is 0. The van der Waals surface area contributed by atoms with Crippen molar-refractivity contribution < 1.29 is 4.74 Å². The van der Waals surface area contributed by atoms with E-state index < -0.39 is 0 Å². The first-order valence-electron chi connectivity index (χ1n) is 8.18. The summed E-state index contributed by atoms with van der Waals surface area (Å²) in [7, 11) is 0. The highest BCUT2D eigenvalue weighted by Gasteiger charge is 2.37. The number of benzene rings is 1. The Labute approximate surface area is 123 Å². The molecule has 2 N–H and O–H groups in total. The summed E-state index contributed by atoms with van der Waals surface area (Å²) in [6, 6.07) is 8.48. The molecule has 1 aromatic carbocycles. The molecule has 2 nitrogen and oxygen atoms in total. The second kappa shape index (κ2) is 7.12. The molecule has 2 heteroatoms. The number of ether oxygens (including phenoxy) is 1. The molecule has 0 fully saturated rings. The van der Waals surface area contributed by atoms with Crippen LogP contribution in [0.3, 0.4) is 0 Å². The number of nitrogens with two attached hydrogens (primary N) is 1. The summed E-state index contributed by atoms with van der Waals surface area (Å²) in [5, 5.41) is 0. The van der Waals surface area contributed by atoms with Gasteiger partial charge in [0.15, 0.2) is 0 Å². The Morgan fingerprint density at radius 1 is 1.30 bits per heavy atom. The fraction of sp³-hybridized carbons (Fsp3) is 0.667. The Morgan fingerprint density at radius 3 is 2.80 bits per heavy atom. The van der Waals surface area contributed by atoms with Crippen LogP contribution in [0.5, 0.6) is 5.75 Å². The maximum atomic E-state index is 6.23. The predicted octanol–water partition coefficient (Wildman–Crippen LogP) is 4.27. The molecule has 112 valence electrons. The molecular formula is C18H29NO. The lowest BCUT2D eigenvalue weighted by Gasteiger charge is -2.40. The minimum Gasteiger partial charge on any atom is -0.493 e. The third-order valence-electron chi connectivity index (χ3n) is 4.91. The zero-order chi connectivity index (χ0) is 14.4. The van der Waals surface area contributed by atoms with E-state index in [0.717, 1.165) is 31.2 Å². The molecule has 0 spiro atoms. The van der Waals surface area contributed by atoms with E-state index in [-0.39, 0.29) is 5.41 Å². The highest BCUT2D eigenvalue weighted by molar-refractivity contribution is 5.41. The second-order valence-electron chi connectivity index (χ2n) is 6.20. The fourth-order valence-corrected chi connectivity index (χ4v) is 3.52. The van der Waals surface area contributed by atoms with Crippen molar-refractivity contribution in [2.24, 2.45) is 11.7 Å². The summed E-state index contributed by atoms with van der Waals surface area (Å²) in [6.07, 6.45) is 7.47. The average molecular weight is 275 g/mol. The Hall–Kier alpha value is -1.02. The van der Waals surface area contributed by atoms with Gasteiger partial charge in [-0.3, -0.25) is 0 Å². The Bertz CT molecular complexity index is 418. The Balaban J connectivity index is 2.21. The average Bonchev–Trinajstić information content (AvgIpc) is 2.51. The highest BCUT2D eigenvalue weighted by Crippen LogP contribution is 2.43. The van der Waals surface area contributed by atoms with Crippen molar-refractivity contribution in [3.05, 3.63) is 29.8 Å². The topological polar surface area (TPSA) is 35.2 Å². The molecule has 2 atom stereocenters. The van der Waals surface area contributed by atoms with Gasteiger partial charge in [0, 0.05) is 17.5 Å². The van der Waals surface area contributed by atoms with Crippen LogP contribution in [0, 0.1) is 5.92 Å². The van der Waals surface area contributed by atoms with Crippen LogP contribution in [-0.4, -0.2) is 13.2 Å². The second-order valence-corrected chi connectivity index (χ2v) is 6.20. The van der Waals surface area contributed by atoms with Crippen molar-refractivity contribution in [1.29, 1.82) is 0 Å². The number of hydrogen-bond donors (Lipinski definition) is 1. The summed E-state index contributed by atoms with van der Waals surface area (Å²) in [5.41, 5.74) is 7.69. The zero-order valence-electron chi connectivity index (χ0n) is 13.0. The molecule has 0 amide bonds. The maximum absolute atomic E-state index is 6.23. The van der Waals surface area contributed by atoms with Gasteiger partial charge >= 0.3 is 0 Å². The highest BCUT2D eigenvalue weighted by atomic mass is 16.5. The lowest BCUT2D eigenvalue weighted by atomic mass is 9.69. The van der Waals surface area contributed by atoms with Gasteiger partial charge in [-0.05, 0) is 24.8 Å². The van der Waals surface area contributed by atoms with Crippen LogP contribution >= 0.6 is 0 Å². The van der Waals surface area contributed by atoms with Gasteiger partial charge in [0.2, 0.25) is 0 Å². The molecule has 1 aliphatic rings. The van der Waals surface area contributed by atoms with Crippen molar-refractivity contribution in [3.8, 4) is 5.75 Å². The Kier molecular flexibility index (Phi) is 5.47. The van der Waals surface area contributed by atoms with Crippen molar-refractivity contribution in [3.63, 3.8) is 0 Å². The van der Waals surface area contributed by atoms with Crippen molar-refractivity contribution in [2.45, 2.75) is 57.8 Å². The molecule has 0 bridgehead atoms. The molecular weight excluding hydrogens is 246 g/mol. The minimum atomic E-state index is 0.128. The van der Waals surface area contributed by atoms with Crippen LogP contribution in [0.1, 0.15) is 57.9 Å². The number of rotatable bonds is 7. The first kappa shape index (κ1) is 15.4. The van der Waals surface area contributed by atoms with E-state index in [9.17, 15) is 0 Å². The van der Waals surface area contributed by atoms with Gasteiger partial charge in [0.05, 0.1) is 6.61 Å². The quantitative estimate of drug-likeness (QED) is 0.806. The van der Waals surface area contributed by atoms with Gasteiger partial charge in [-0.2, -0.15) is 0 Å². The molecule has 2 rings (SSSR count). The van der Waals surface area contributed by atoms with E-state index in [0.29, 0.717) is 0 Å². The molecule has 2 unspecified atom stereocenters. The first-order valence-corrected chi connectivity index (χ1v) is 8.18. The van der Waals surface area contributed by atoms with Crippen LogP contribution in [0.25, 0.3) is 0 Å². The number of para-hydroxylation sites is 1. The molecule has 0 aromatic heterocycles. The van der Waals surface area contributed by atoms with Gasteiger partial charge in [-0.1, -0.05) is 57.7 Å². The normalized spacial score (nSPS) is 22.9. The Morgan fingerprint density at radius 2 is 2.10 bits per heavy atom. The molecule has 0 aliphatic carbocycles. The lowest BCUT2D eigenvalue weighted by molar-refractivity contribution is 0.184. The third-order valence-corrected chi connectivity index (χ3v) is 4.91. The van der Waals surface area contributed by atoms with E-state index in [2.05, 4.69) is 38.1 Å². The number of hydrogen-bond acceptors (Lipinski definition) is 2. The number of unbranched alkanes of at least 4 members (excludes halogenated alkanes) is 1. The predicted molar refractivity (Wildman–Crippen MR) is 85.2 cm³/mol. The largest absolute Gasteiger partial charge is 0.493 e. The molecule has 0 saturated carbocycles. The first-order chi connectivity index (χ1) is 9.75. The van der Waals surface area contributed by atoms with Crippen molar-refractivity contribution >= 4 is 0 Å². The van der Waals surface area contributed by atoms with E-state index in [1.165, 1.54) is 37.7 Å². The third kappa shape index (κ3) is 3.17. The van der Waals surface area contributed by atoms with Crippen LogP contribution in [-0.2, 0) is 5.41 Å².